The maximum Gasteiger partial charge on any atom is 0.190 e. The molecule has 2 heterocycles. The molecular formula is C16H22O6. The summed E-state index contributed by atoms with van der Waals surface area (Å²) in [5.41, 5.74) is 1.02. The van der Waals surface area contributed by atoms with Crippen LogP contribution in [0.5, 0.6) is 0 Å². The molecule has 0 saturated carbocycles. The van der Waals surface area contributed by atoms with E-state index in [-0.39, 0.29) is 0 Å². The van der Waals surface area contributed by atoms with Gasteiger partial charge in [0.2, 0.25) is 0 Å². The summed E-state index contributed by atoms with van der Waals surface area (Å²) in [5.74, 6) is -0.751. The van der Waals surface area contributed by atoms with Crippen LogP contribution in [0.1, 0.15) is 19.4 Å². The van der Waals surface area contributed by atoms with E-state index in [1.807, 2.05) is 30.3 Å². The van der Waals surface area contributed by atoms with Gasteiger partial charge in [-0.05, 0) is 19.4 Å². The molecule has 0 radical (unpaired) electrons. The van der Waals surface area contributed by atoms with Crippen LogP contribution < -0.4 is 0 Å². The quantitative estimate of drug-likeness (QED) is 0.783. The van der Waals surface area contributed by atoms with E-state index < -0.39 is 43.1 Å². The van der Waals surface area contributed by atoms with E-state index in [0.717, 1.165) is 5.56 Å². The topological polar surface area (TPSA) is 77.4 Å². The maximum absolute atomic E-state index is 9.94. The fourth-order valence-electron chi connectivity index (χ4n) is 2.87. The zero-order chi connectivity index (χ0) is 15.7. The van der Waals surface area contributed by atoms with Crippen LogP contribution in [0.25, 0.3) is 0 Å². The lowest BCUT2D eigenvalue weighted by molar-refractivity contribution is -0.232. The maximum atomic E-state index is 9.94. The SMILES string of the molecule is CC1(C)O[C@H]2O[C@@H]([C@H](O)[13CH2]O)[C@H](OCc3ccccc3)[C@H]2O1. The minimum Gasteiger partial charge on any atom is -0.394 e. The molecule has 22 heavy (non-hydrogen) atoms. The first-order valence-corrected chi connectivity index (χ1v) is 7.46. The van der Waals surface area contributed by atoms with E-state index >= 15 is 0 Å². The van der Waals surface area contributed by atoms with Crippen molar-refractivity contribution in [3.8, 4) is 0 Å². The minimum atomic E-state index is -1.04. The third kappa shape index (κ3) is 3.17. The van der Waals surface area contributed by atoms with Gasteiger partial charge in [0, 0.05) is 0 Å². The second-order valence-electron chi connectivity index (χ2n) is 6.08. The molecule has 122 valence electrons. The molecule has 0 unspecified atom stereocenters. The van der Waals surface area contributed by atoms with Crippen LogP contribution in [0.15, 0.2) is 30.3 Å². The van der Waals surface area contributed by atoms with Gasteiger partial charge in [0.1, 0.15) is 24.4 Å². The molecular weight excluding hydrogens is 289 g/mol. The molecule has 2 saturated heterocycles. The molecule has 1 aromatic rings. The number of rotatable bonds is 5. The monoisotopic (exact) mass is 311 g/mol. The van der Waals surface area contributed by atoms with E-state index in [2.05, 4.69) is 0 Å². The highest BCUT2D eigenvalue weighted by molar-refractivity contribution is 5.13. The Morgan fingerprint density at radius 3 is 2.64 bits per heavy atom. The van der Waals surface area contributed by atoms with E-state index in [9.17, 15) is 10.2 Å². The van der Waals surface area contributed by atoms with Crippen LogP contribution in [0.3, 0.4) is 0 Å². The Kier molecular flexibility index (Phi) is 4.49. The normalized spacial score (nSPS) is 34.5. The molecule has 3 rings (SSSR count). The molecule has 1 aromatic carbocycles. The minimum absolute atomic E-state index is 0.372. The largest absolute Gasteiger partial charge is 0.394 e. The molecule has 6 nitrogen and oxygen atoms in total. The van der Waals surface area contributed by atoms with Crippen LogP contribution in [0, 0.1) is 0 Å². The summed E-state index contributed by atoms with van der Waals surface area (Å²) < 4.78 is 23.1. The van der Waals surface area contributed by atoms with Crippen molar-refractivity contribution in [2.75, 3.05) is 6.61 Å². The lowest BCUT2D eigenvalue weighted by Gasteiger charge is -2.28. The number of fused-ring (bicyclic) bond motifs is 1. The van der Waals surface area contributed by atoms with Crippen molar-refractivity contribution < 1.29 is 29.2 Å². The van der Waals surface area contributed by atoms with Gasteiger partial charge < -0.3 is 29.2 Å². The number of hydrogen-bond acceptors (Lipinski definition) is 6. The smallest absolute Gasteiger partial charge is 0.190 e. The number of aliphatic hydroxyl groups excluding tert-OH is 2. The number of aliphatic hydroxyl groups is 2. The van der Waals surface area contributed by atoms with Crippen molar-refractivity contribution in [3.63, 3.8) is 0 Å². The van der Waals surface area contributed by atoms with E-state index in [4.69, 9.17) is 18.9 Å². The highest BCUT2D eigenvalue weighted by Gasteiger charge is 2.56. The van der Waals surface area contributed by atoms with Gasteiger partial charge in [-0.1, -0.05) is 30.3 Å². The second kappa shape index (κ2) is 6.23. The Morgan fingerprint density at radius 2 is 1.95 bits per heavy atom. The van der Waals surface area contributed by atoms with Gasteiger partial charge in [0.05, 0.1) is 13.2 Å². The summed E-state index contributed by atoms with van der Waals surface area (Å²) in [5, 5.41) is 19.1. The van der Waals surface area contributed by atoms with Crippen molar-refractivity contribution in [3.05, 3.63) is 35.9 Å². The van der Waals surface area contributed by atoms with Gasteiger partial charge >= 0.3 is 0 Å². The number of benzene rings is 1. The van der Waals surface area contributed by atoms with Crippen molar-refractivity contribution >= 4 is 0 Å². The predicted octanol–water partition coefficient (Wildman–Crippen LogP) is 0.801. The molecule has 0 spiro atoms. The van der Waals surface area contributed by atoms with Gasteiger partial charge in [0.25, 0.3) is 0 Å². The average molecular weight is 311 g/mol. The Morgan fingerprint density at radius 1 is 1.23 bits per heavy atom. The van der Waals surface area contributed by atoms with Gasteiger partial charge in [-0.15, -0.1) is 0 Å². The van der Waals surface area contributed by atoms with Crippen molar-refractivity contribution in [1.82, 2.24) is 0 Å². The first-order valence-electron chi connectivity index (χ1n) is 7.46. The zero-order valence-electron chi connectivity index (χ0n) is 12.7. The standard InChI is InChI=1S/C16H22O6/c1-16(2)21-14-13(19-9-10-6-4-3-5-7-10)12(11(18)8-17)20-15(14)22-16/h3-7,11-15,17-18H,8-9H2,1-2H3/t11-,12+,13+,14-,15-/m1/s1/i8+1. The lowest BCUT2D eigenvalue weighted by atomic mass is 10.1. The van der Waals surface area contributed by atoms with Crippen LogP contribution in [0.4, 0.5) is 0 Å². The number of ether oxygens (including phenoxy) is 4. The summed E-state index contributed by atoms with van der Waals surface area (Å²) in [4.78, 5) is 0. The highest BCUT2D eigenvalue weighted by atomic mass is 16.8. The molecule has 0 bridgehead atoms. The van der Waals surface area contributed by atoms with Crippen LogP contribution in [-0.2, 0) is 25.6 Å². The third-order valence-electron chi connectivity index (χ3n) is 3.88. The molecule has 6 heteroatoms. The Bertz CT molecular complexity index is 491. The fraction of sp³-hybridized carbons (Fsp3) is 0.625. The van der Waals surface area contributed by atoms with Crippen LogP contribution in [-0.4, -0.2) is 53.3 Å². The Labute approximate surface area is 129 Å². The lowest BCUT2D eigenvalue weighted by Crippen LogP contribution is -2.44. The van der Waals surface area contributed by atoms with Gasteiger partial charge in [-0.25, -0.2) is 0 Å². The molecule has 0 aromatic heterocycles. The van der Waals surface area contributed by atoms with Crippen LogP contribution >= 0.6 is 0 Å². The average Bonchev–Trinajstić information content (AvgIpc) is 2.97. The third-order valence-corrected chi connectivity index (χ3v) is 3.88. The highest BCUT2D eigenvalue weighted by Crippen LogP contribution is 2.39. The van der Waals surface area contributed by atoms with Gasteiger partial charge in [-0.3, -0.25) is 0 Å². The molecule has 2 N–H and O–H groups in total. The van der Waals surface area contributed by atoms with Gasteiger partial charge in [0.15, 0.2) is 12.1 Å². The molecule has 5 atom stereocenters. The van der Waals surface area contributed by atoms with Crippen molar-refractivity contribution in [2.24, 2.45) is 0 Å². The fourth-order valence-corrected chi connectivity index (χ4v) is 2.87. The first-order chi connectivity index (χ1) is 10.5. The molecule has 2 fully saturated rings. The summed E-state index contributed by atoms with van der Waals surface area (Å²) in [6, 6.07) is 9.73. The summed E-state index contributed by atoms with van der Waals surface area (Å²) in [7, 11) is 0. The van der Waals surface area contributed by atoms with E-state index in [1.165, 1.54) is 0 Å². The van der Waals surface area contributed by atoms with Crippen molar-refractivity contribution in [2.45, 2.75) is 56.9 Å². The Balaban J connectivity index is 1.71. The summed E-state index contributed by atoms with van der Waals surface area (Å²) >= 11 is 0. The van der Waals surface area contributed by atoms with Gasteiger partial charge in [-0.2, -0.15) is 0 Å². The summed E-state index contributed by atoms with van der Waals surface area (Å²) in [6.07, 6.45) is -3.25. The number of hydrogen-bond donors (Lipinski definition) is 2. The molecule has 0 aliphatic carbocycles. The van der Waals surface area contributed by atoms with E-state index in [0.29, 0.717) is 6.61 Å². The van der Waals surface area contributed by atoms with Crippen LogP contribution in [0.2, 0.25) is 0 Å². The second-order valence-corrected chi connectivity index (χ2v) is 6.08. The summed E-state index contributed by atoms with van der Waals surface area (Å²) in [6.45, 7) is 3.58. The molecule has 2 aliphatic rings. The predicted molar refractivity (Wildman–Crippen MR) is 76.8 cm³/mol. The first kappa shape index (κ1) is 15.9. The molecule has 2 aliphatic heterocycles. The Hall–Kier alpha value is -1.02. The zero-order valence-corrected chi connectivity index (χ0v) is 12.7. The molecule has 0 amide bonds. The van der Waals surface area contributed by atoms with E-state index in [1.54, 1.807) is 13.8 Å². The van der Waals surface area contributed by atoms with Crippen molar-refractivity contribution in [1.29, 1.82) is 0 Å².